The highest BCUT2D eigenvalue weighted by Crippen LogP contribution is 2.23. The molecule has 1 aliphatic heterocycles. The van der Waals surface area contributed by atoms with Crippen molar-refractivity contribution in [2.45, 2.75) is 25.9 Å². The number of hydrogen-bond donors (Lipinski definition) is 1. The maximum absolute atomic E-state index is 12.2. The molecule has 1 heterocycles. The normalized spacial score (nSPS) is 17.5. The van der Waals surface area contributed by atoms with Crippen LogP contribution in [0.3, 0.4) is 0 Å². The number of carbonyl (C=O) groups excluding carboxylic acids is 1. The second-order valence-corrected chi connectivity index (χ2v) is 8.25. The Balaban J connectivity index is 1.17. The summed E-state index contributed by atoms with van der Waals surface area (Å²) in [4.78, 5) is 17.2. The third-order valence-electron chi connectivity index (χ3n) is 5.96. The Labute approximate surface area is 184 Å². The van der Waals surface area contributed by atoms with Gasteiger partial charge in [-0.1, -0.05) is 66.7 Å². The average molecular weight is 418 g/mol. The minimum absolute atomic E-state index is 0.391. The molecule has 5 nitrogen and oxygen atoms in total. The summed E-state index contributed by atoms with van der Waals surface area (Å²) < 4.78 is 5.43. The highest BCUT2D eigenvalue weighted by Gasteiger charge is 2.23. The maximum atomic E-state index is 12.2. The predicted molar refractivity (Wildman–Crippen MR) is 126 cm³/mol. The minimum Gasteiger partial charge on any atom is -0.449 e. The maximum Gasteiger partial charge on any atom is 0.411 e. The van der Waals surface area contributed by atoms with Crippen LogP contribution in [0.2, 0.25) is 0 Å². The highest BCUT2D eigenvalue weighted by molar-refractivity contribution is 6.00. The molecule has 5 heteroatoms. The molecule has 31 heavy (non-hydrogen) atoms. The van der Waals surface area contributed by atoms with E-state index in [0.717, 1.165) is 55.6 Å². The van der Waals surface area contributed by atoms with Crippen molar-refractivity contribution < 1.29 is 9.53 Å². The number of anilines is 1. The fourth-order valence-electron chi connectivity index (χ4n) is 4.26. The Hall–Kier alpha value is -2.89. The van der Waals surface area contributed by atoms with E-state index in [1.165, 1.54) is 5.56 Å². The zero-order valence-electron chi connectivity index (χ0n) is 18.2. The Morgan fingerprint density at radius 3 is 2.61 bits per heavy atom. The third-order valence-corrected chi connectivity index (χ3v) is 5.96. The van der Waals surface area contributed by atoms with Crippen LogP contribution in [0.15, 0.2) is 72.8 Å². The molecule has 1 amide bonds. The van der Waals surface area contributed by atoms with Crippen molar-refractivity contribution in [3.05, 3.63) is 78.4 Å². The standard InChI is InChI=1S/C26H31N3O2/c1-21-19-28(16-17-29(21)20-22-9-3-2-4-10-22)15-8-18-31-26(30)27-25-14-7-12-23-11-5-6-13-24(23)25/h2-7,9-14,21H,8,15-20H2,1H3,(H,27,30). The zero-order chi connectivity index (χ0) is 21.5. The number of nitrogens with zero attached hydrogens (tertiary/aromatic N) is 2. The second-order valence-electron chi connectivity index (χ2n) is 8.25. The Kier molecular flexibility index (Phi) is 7.18. The van der Waals surface area contributed by atoms with Gasteiger partial charge in [-0.05, 0) is 30.4 Å². The first-order valence-electron chi connectivity index (χ1n) is 11.1. The topological polar surface area (TPSA) is 44.8 Å². The molecule has 0 radical (unpaired) electrons. The lowest BCUT2D eigenvalue weighted by Crippen LogP contribution is -2.51. The van der Waals surface area contributed by atoms with E-state index in [9.17, 15) is 4.79 Å². The Morgan fingerprint density at radius 2 is 1.77 bits per heavy atom. The molecular formula is C26H31N3O2. The molecule has 4 rings (SSSR count). The van der Waals surface area contributed by atoms with Gasteiger partial charge in [0.1, 0.15) is 0 Å². The second kappa shape index (κ2) is 10.4. The molecule has 0 spiro atoms. The van der Waals surface area contributed by atoms with Crippen LogP contribution in [-0.4, -0.2) is 54.7 Å². The molecular weight excluding hydrogens is 386 g/mol. The average Bonchev–Trinajstić information content (AvgIpc) is 2.79. The molecule has 0 aromatic heterocycles. The molecule has 1 atom stereocenters. The van der Waals surface area contributed by atoms with Crippen LogP contribution in [0.4, 0.5) is 10.5 Å². The van der Waals surface area contributed by atoms with Crippen LogP contribution < -0.4 is 5.32 Å². The summed E-state index contributed by atoms with van der Waals surface area (Å²) in [5.74, 6) is 0. The summed E-state index contributed by atoms with van der Waals surface area (Å²) in [5.41, 5.74) is 2.15. The van der Waals surface area contributed by atoms with E-state index in [2.05, 4.69) is 52.4 Å². The van der Waals surface area contributed by atoms with E-state index >= 15 is 0 Å². The third kappa shape index (κ3) is 5.84. The predicted octanol–water partition coefficient (Wildman–Crippen LogP) is 4.98. The molecule has 1 unspecified atom stereocenters. The van der Waals surface area contributed by atoms with Gasteiger partial charge in [0.25, 0.3) is 0 Å². The molecule has 0 bridgehead atoms. The first kappa shape index (κ1) is 21.3. The van der Waals surface area contributed by atoms with Gasteiger partial charge in [0, 0.05) is 44.2 Å². The molecule has 1 aliphatic rings. The molecule has 1 N–H and O–H groups in total. The van der Waals surface area contributed by atoms with Crippen molar-refractivity contribution in [3.63, 3.8) is 0 Å². The number of ether oxygens (including phenoxy) is 1. The molecule has 0 aliphatic carbocycles. The fourth-order valence-corrected chi connectivity index (χ4v) is 4.26. The summed E-state index contributed by atoms with van der Waals surface area (Å²) in [6.07, 6.45) is 0.450. The molecule has 1 saturated heterocycles. The van der Waals surface area contributed by atoms with Gasteiger partial charge < -0.3 is 9.64 Å². The highest BCUT2D eigenvalue weighted by atomic mass is 16.5. The summed E-state index contributed by atoms with van der Waals surface area (Å²) in [6.45, 7) is 7.85. The molecule has 3 aromatic rings. The Morgan fingerprint density at radius 1 is 1.00 bits per heavy atom. The van der Waals surface area contributed by atoms with E-state index < -0.39 is 6.09 Å². The number of benzene rings is 3. The number of fused-ring (bicyclic) bond motifs is 1. The van der Waals surface area contributed by atoms with Gasteiger partial charge in [-0.3, -0.25) is 10.2 Å². The van der Waals surface area contributed by atoms with Gasteiger partial charge in [0.05, 0.1) is 12.3 Å². The van der Waals surface area contributed by atoms with Gasteiger partial charge in [0.2, 0.25) is 0 Å². The first-order valence-corrected chi connectivity index (χ1v) is 11.1. The van der Waals surface area contributed by atoms with Crippen molar-refractivity contribution in [1.29, 1.82) is 0 Å². The van der Waals surface area contributed by atoms with Gasteiger partial charge in [-0.25, -0.2) is 4.79 Å². The molecule has 1 fully saturated rings. The van der Waals surface area contributed by atoms with Gasteiger partial charge >= 0.3 is 6.09 Å². The van der Waals surface area contributed by atoms with Gasteiger partial charge in [-0.15, -0.1) is 0 Å². The van der Waals surface area contributed by atoms with Crippen molar-refractivity contribution >= 4 is 22.6 Å². The molecule has 162 valence electrons. The van der Waals surface area contributed by atoms with E-state index in [1.807, 2.05) is 42.5 Å². The first-order chi connectivity index (χ1) is 15.2. The largest absolute Gasteiger partial charge is 0.449 e. The number of carbonyl (C=O) groups is 1. The summed E-state index contributed by atoms with van der Waals surface area (Å²) in [5, 5.41) is 4.99. The van der Waals surface area contributed by atoms with Crippen LogP contribution in [0.25, 0.3) is 10.8 Å². The zero-order valence-corrected chi connectivity index (χ0v) is 18.2. The van der Waals surface area contributed by atoms with E-state index in [1.54, 1.807) is 0 Å². The number of amides is 1. The summed E-state index contributed by atoms with van der Waals surface area (Å²) in [6, 6.07) is 25.1. The lowest BCUT2D eigenvalue weighted by molar-refractivity contribution is 0.0721. The van der Waals surface area contributed by atoms with Crippen molar-refractivity contribution in [2.75, 3.05) is 38.1 Å². The fraction of sp³-hybridized carbons (Fsp3) is 0.346. The minimum atomic E-state index is -0.391. The van der Waals surface area contributed by atoms with E-state index in [0.29, 0.717) is 12.6 Å². The lowest BCUT2D eigenvalue weighted by atomic mass is 10.1. The smallest absolute Gasteiger partial charge is 0.411 e. The molecule has 3 aromatic carbocycles. The SMILES string of the molecule is CC1CN(CCCOC(=O)Nc2cccc3ccccc23)CCN1Cc1ccccc1. The lowest BCUT2D eigenvalue weighted by Gasteiger charge is -2.40. The van der Waals surface area contributed by atoms with Crippen molar-refractivity contribution in [3.8, 4) is 0 Å². The van der Waals surface area contributed by atoms with Crippen LogP contribution >= 0.6 is 0 Å². The van der Waals surface area contributed by atoms with E-state index in [4.69, 9.17) is 4.74 Å². The van der Waals surface area contributed by atoms with Crippen LogP contribution in [0.5, 0.6) is 0 Å². The van der Waals surface area contributed by atoms with Crippen molar-refractivity contribution in [2.24, 2.45) is 0 Å². The van der Waals surface area contributed by atoms with Crippen LogP contribution in [-0.2, 0) is 11.3 Å². The van der Waals surface area contributed by atoms with Crippen LogP contribution in [0, 0.1) is 0 Å². The quantitative estimate of drug-likeness (QED) is 0.551. The van der Waals surface area contributed by atoms with Gasteiger partial charge in [0.15, 0.2) is 0 Å². The summed E-state index contributed by atoms with van der Waals surface area (Å²) in [7, 11) is 0. The number of hydrogen-bond acceptors (Lipinski definition) is 4. The summed E-state index contributed by atoms with van der Waals surface area (Å²) >= 11 is 0. The van der Waals surface area contributed by atoms with E-state index in [-0.39, 0.29) is 0 Å². The number of nitrogens with one attached hydrogen (secondary N) is 1. The molecule has 0 saturated carbocycles. The number of piperazine rings is 1. The number of rotatable bonds is 7. The monoisotopic (exact) mass is 417 g/mol. The van der Waals surface area contributed by atoms with Gasteiger partial charge in [-0.2, -0.15) is 0 Å². The van der Waals surface area contributed by atoms with Crippen molar-refractivity contribution in [1.82, 2.24) is 9.80 Å². The van der Waals surface area contributed by atoms with Crippen LogP contribution in [0.1, 0.15) is 18.9 Å². The Bertz CT molecular complexity index is 987.